The number of rotatable bonds is 5. The van der Waals surface area contributed by atoms with Gasteiger partial charge in [0.05, 0.1) is 11.7 Å². The molecule has 1 aliphatic carbocycles. The van der Waals surface area contributed by atoms with Crippen molar-refractivity contribution in [2.75, 3.05) is 37.6 Å². The Balaban J connectivity index is 1.31. The summed E-state index contributed by atoms with van der Waals surface area (Å²) in [5.41, 5.74) is 3.26. The first-order valence-electron chi connectivity index (χ1n) is 10.4. The SMILES string of the molecule is CCCc1ccccc1N1CCC(CN2C[C@@H](C)OC3(CC3)C2)CC1. The van der Waals surface area contributed by atoms with E-state index in [1.807, 2.05) is 0 Å². The summed E-state index contributed by atoms with van der Waals surface area (Å²) >= 11 is 0. The summed E-state index contributed by atoms with van der Waals surface area (Å²) < 4.78 is 6.17. The Kier molecular flexibility index (Phi) is 5.06. The molecule has 1 spiro atoms. The van der Waals surface area contributed by atoms with Crippen molar-refractivity contribution in [3.63, 3.8) is 0 Å². The van der Waals surface area contributed by atoms with E-state index in [0.717, 1.165) is 12.5 Å². The van der Waals surface area contributed by atoms with Gasteiger partial charge in [0.2, 0.25) is 0 Å². The van der Waals surface area contributed by atoms with Gasteiger partial charge in [-0.25, -0.2) is 0 Å². The summed E-state index contributed by atoms with van der Waals surface area (Å²) in [5.74, 6) is 0.857. The summed E-state index contributed by atoms with van der Waals surface area (Å²) in [7, 11) is 0. The second-order valence-corrected chi connectivity index (χ2v) is 8.61. The van der Waals surface area contributed by atoms with Gasteiger partial charge in [0.1, 0.15) is 0 Å². The highest BCUT2D eigenvalue weighted by Gasteiger charge is 2.49. The lowest BCUT2D eigenvalue weighted by Gasteiger charge is -2.41. The first-order chi connectivity index (χ1) is 12.2. The fraction of sp³-hybridized carbons (Fsp3) is 0.727. The van der Waals surface area contributed by atoms with Crippen molar-refractivity contribution in [3.8, 4) is 0 Å². The molecule has 2 heterocycles. The summed E-state index contributed by atoms with van der Waals surface area (Å²) in [5, 5.41) is 0. The molecule has 0 aromatic heterocycles. The van der Waals surface area contributed by atoms with Crippen LogP contribution in [0.15, 0.2) is 24.3 Å². The highest BCUT2D eigenvalue weighted by atomic mass is 16.5. The van der Waals surface area contributed by atoms with E-state index in [-0.39, 0.29) is 5.60 Å². The predicted octanol–water partition coefficient (Wildman–Crippen LogP) is 4.11. The monoisotopic (exact) mass is 342 g/mol. The van der Waals surface area contributed by atoms with E-state index in [2.05, 4.69) is 47.9 Å². The lowest BCUT2D eigenvalue weighted by atomic mass is 9.94. The molecule has 3 nitrogen and oxygen atoms in total. The maximum atomic E-state index is 6.17. The van der Waals surface area contributed by atoms with Gasteiger partial charge in [-0.15, -0.1) is 0 Å². The quantitative estimate of drug-likeness (QED) is 0.801. The molecule has 1 aromatic rings. The van der Waals surface area contributed by atoms with Crippen molar-refractivity contribution < 1.29 is 4.74 Å². The van der Waals surface area contributed by atoms with Crippen LogP contribution >= 0.6 is 0 Å². The van der Waals surface area contributed by atoms with Crippen molar-refractivity contribution >= 4 is 5.69 Å². The van der Waals surface area contributed by atoms with Gasteiger partial charge >= 0.3 is 0 Å². The molecule has 4 rings (SSSR count). The molecule has 2 saturated heterocycles. The molecule has 0 amide bonds. The molecular weight excluding hydrogens is 308 g/mol. The van der Waals surface area contributed by atoms with Gasteiger partial charge in [-0.2, -0.15) is 0 Å². The van der Waals surface area contributed by atoms with E-state index >= 15 is 0 Å². The average Bonchev–Trinajstić information content (AvgIpc) is 3.34. The molecule has 3 aliphatic rings. The lowest BCUT2D eigenvalue weighted by molar-refractivity contribution is -0.0965. The van der Waals surface area contributed by atoms with Crippen molar-refractivity contribution in [1.29, 1.82) is 0 Å². The summed E-state index contributed by atoms with van der Waals surface area (Å²) in [6, 6.07) is 9.03. The molecule has 0 unspecified atom stereocenters. The van der Waals surface area contributed by atoms with Gasteiger partial charge in [-0.05, 0) is 56.6 Å². The number of hydrogen-bond donors (Lipinski definition) is 0. The maximum absolute atomic E-state index is 6.17. The Morgan fingerprint density at radius 2 is 1.92 bits per heavy atom. The normalized spacial score (nSPS) is 27.0. The smallest absolute Gasteiger partial charge is 0.0815 e. The number of benzene rings is 1. The van der Waals surface area contributed by atoms with E-state index in [1.54, 1.807) is 0 Å². The van der Waals surface area contributed by atoms with Gasteiger partial charge in [0.15, 0.2) is 0 Å². The summed E-state index contributed by atoms with van der Waals surface area (Å²) in [4.78, 5) is 5.33. The number of aryl methyl sites for hydroxylation is 1. The van der Waals surface area contributed by atoms with Crippen LogP contribution in [0.25, 0.3) is 0 Å². The minimum Gasteiger partial charge on any atom is -0.371 e. The molecule has 1 atom stereocenters. The first kappa shape index (κ1) is 17.4. The second kappa shape index (κ2) is 7.28. The van der Waals surface area contributed by atoms with Crippen LogP contribution in [-0.4, -0.2) is 49.3 Å². The molecule has 0 bridgehead atoms. The number of anilines is 1. The van der Waals surface area contributed by atoms with Crippen molar-refractivity contribution in [2.45, 2.75) is 64.1 Å². The Bertz CT molecular complexity index is 575. The second-order valence-electron chi connectivity index (χ2n) is 8.61. The van der Waals surface area contributed by atoms with E-state index in [4.69, 9.17) is 4.74 Å². The van der Waals surface area contributed by atoms with Crippen LogP contribution in [0.4, 0.5) is 5.69 Å². The highest BCUT2D eigenvalue weighted by molar-refractivity contribution is 5.54. The maximum Gasteiger partial charge on any atom is 0.0815 e. The van der Waals surface area contributed by atoms with Crippen LogP contribution in [0.5, 0.6) is 0 Å². The van der Waals surface area contributed by atoms with Gasteiger partial charge in [-0.3, -0.25) is 4.90 Å². The molecule has 25 heavy (non-hydrogen) atoms. The molecule has 0 radical (unpaired) electrons. The molecule has 2 aliphatic heterocycles. The van der Waals surface area contributed by atoms with E-state index in [9.17, 15) is 0 Å². The number of hydrogen-bond acceptors (Lipinski definition) is 3. The van der Waals surface area contributed by atoms with Gasteiger partial charge in [-0.1, -0.05) is 31.5 Å². The number of nitrogens with zero attached hydrogens (tertiary/aromatic N) is 2. The number of morpholine rings is 1. The first-order valence-corrected chi connectivity index (χ1v) is 10.4. The molecule has 1 aromatic carbocycles. The number of ether oxygens (including phenoxy) is 1. The molecule has 138 valence electrons. The highest BCUT2D eigenvalue weighted by Crippen LogP contribution is 2.43. The predicted molar refractivity (Wildman–Crippen MR) is 104 cm³/mol. The van der Waals surface area contributed by atoms with Crippen molar-refractivity contribution in [2.24, 2.45) is 5.92 Å². The zero-order valence-electron chi connectivity index (χ0n) is 16.0. The van der Waals surface area contributed by atoms with Crippen LogP contribution in [0.1, 0.15) is 51.5 Å². The third-order valence-corrected chi connectivity index (χ3v) is 6.27. The van der Waals surface area contributed by atoms with Crippen molar-refractivity contribution in [3.05, 3.63) is 29.8 Å². The van der Waals surface area contributed by atoms with Crippen LogP contribution in [0, 0.1) is 5.92 Å². The fourth-order valence-corrected chi connectivity index (χ4v) is 4.91. The minimum absolute atomic E-state index is 0.247. The number of piperidine rings is 1. The Hall–Kier alpha value is -1.06. The Morgan fingerprint density at radius 1 is 1.16 bits per heavy atom. The van der Waals surface area contributed by atoms with Crippen molar-refractivity contribution in [1.82, 2.24) is 4.90 Å². The van der Waals surface area contributed by atoms with E-state index in [1.165, 1.54) is 76.0 Å². The van der Waals surface area contributed by atoms with Crippen LogP contribution in [-0.2, 0) is 11.2 Å². The molecule has 1 saturated carbocycles. The molecular formula is C22H34N2O. The topological polar surface area (TPSA) is 15.7 Å². The minimum atomic E-state index is 0.247. The number of para-hydroxylation sites is 1. The fourth-order valence-electron chi connectivity index (χ4n) is 4.91. The van der Waals surface area contributed by atoms with Gasteiger partial charge in [0, 0.05) is 38.4 Å². The lowest BCUT2D eigenvalue weighted by Crippen LogP contribution is -2.50. The Morgan fingerprint density at radius 3 is 2.64 bits per heavy atom. The third-order valence-electron chi connectivity index (χ3n) is 6.27. The van der Waals surface area contributed by atoms with Gasteiger partial charge in [0.25, 0.3) is 0 Å². The largest absolute Gasteiger partial charge is 0.371 e. The Labute approximate surface area is 153 Å². The molecule has 3 fully saturated rings. The summed E-state index contributed by atoms with van der Waals surface area (Å²) in [6.07, 6.45) is 8.06. The van der Waals surface area contributed by atoms with Crippen LogP contribution in [0.2, 0.25) is 0 Å². The van der Waals surface area contributed by atoms with Crippen LogP contribution in [0.3, 0.4) is 0 Å². The average molecular weight is 343 g/mol. The van der Waals surface area contributed by atoms with E-state index < -0.39 is 0 Å². The molecule has 0 N–H and O–H groups in total. The zero-order valence-corrected chi connectivity index (χ0v) is 16.0. The summed E-state index contributed by atoms with van der Waals surface area (Å²) in [6.45, 7) is 10.5. The van der Waals surface area contributed by atoms with E-state index in [0.29, 0.717) is 6.10 Å². The van der Waals surface area contributed by atoms with Crippen LogP contribution < -0.4 is 4.90 Å². The molecule has 3 heteroatoms. The standard InChI is InChI=1S/C22H34N2O/c1-3-6-20-7-4-5-8-21(20)24-13-9-19(10-14-24)16-23-15-18(2)25-22(17-23)11-12-22/h4-5,7-8,18-19H,3,6,9-17H2,1-2H3/t18-/m1/s1. The zero-order chi connectivity index (χ0) is 17.3. The van der Waals surface area contributed by atoms with Gasteiger partial charge < -0.3 is 9.64 Å². The third kappa shape index (κ3) is 4.03.